The van der Waals surface area contributed by atoms with Gasteiger partial charge in [0.15, 0.2) is 11.6 Å². The summed E-state index contributed by atoms with van der Waals surface area (Å²) >= 11 is 0. The second-order valence-corrected chi connectivity index (χ2v) is 4.30. The Bertz CT molecular complexity index is 700. The zero-order valence-electron chi connectivity index (χ0n) is 9.74. The van der Waals surface area contributed by atoms with Gasteiger partial charge in [-0.2, -0.15) is 0 Å². The molecular weight excluding hydrogens is 256 g/mol. The Hall–Kier alpha value is -2.08. The minimum absolute atomic E-state index is 0.0569. The number of rotatable bonds is 1. The summed E-state index contributed by atoms with van der Waals surface area (Å²) < 4.78 is 31.7. The summed E-state index contributed by atoms with van der Waals surface area (Å²) in [6.45, 7) is 0.563. The first-order chi connectivity index (χ1) is 9.08. The molecule has 1 aliphatic rings. The average Bonchev–Trinajstić information content (AvgIpc) is 2.37. The van der Waals surface area contributed by atoms with Gasteiger partial charge in [0, 0.05) is 29.1 Å². The average molecular weight is 265 g/mol. The zero-order chi connectivity index (χ0) is 13.6. The van der Waals surface area contributed by atoms with Gasteiger partial charge < -0.3 is 9.84 Å². The summed E-state index contributed by atoms with van der Waals surface area (Å²) in [5.41, 5.74) is 1.11. The predicted molar refractivity (Wildman–Crippen MR) is 62.0 cm³/mol. The van der Waals surface area contributed by atoms with Gasteiger partial charge in [-0.25, -0.2) is 13.6 Å². The molecule has 0 radical (unpaired) electrons. The molecule has 0 spiro atoms. The molecule has 1 aliphatic heterocycles. The lowest BCUT2D eigenvalue weighted by Gasteiger charge is -2.19. The number of carboxylic acids is 1. The van der Waals surface area contributed by atoms with E-state index in [1.807, 2.05) is 0 Å². The third-order valence-corrected chi connectivity index (χ3v) is 3.16. The van der Waals surface area contributed by atoms with E-state index in [2.05, 4.69) is 4.98 Å². The van der Waals surface area contributed by atoms with Gasteiger partial charge in [-0.05, 0) is 6.07 Å². The van der Waals surface area contributed by atoms with E-state index in [0.717, 1.165) is 12.1 Å². The monoisotopic (exact) mass is 265 g/mol. The first kappa shape index (κ1) is 12.0. The van der Waals surface area contributed by atoms with E-state index in [9.17, 15) is 18.7 Å². The largest absolute Gasteiger partial charge is 0.478 e. The maximum absolute atomic E-state index is 13.3. The molecule has 1 N–H and O–H groups in total. The molecule has 0 bridgehead atoms. The lowest BCUT2D eigenvalue weighted by molar-refractivity contribution is 0.0683. The van der Waals surface area contributed by atoms with Crippen molar-refractivity contribution < 1.29 is 23.4 Å². The molecule has 2 aromatic rings. The van der Waals surface area contributed by atoms with Crippen LogP contribution in [0.3, 0.4) is 0 Å². The van der Waals surface area contributed by atoms with Gasteiger partial charge in [-0.15, -0.1) is 0 Å². The highest BCUT2D eigenvalue weighted by molar-refractivity contribution is 6.04. The first-order valence-electron chi connectivity index (χ1n) is 5.69. The van der Waals surface area contributed by atoms with E-state index < -0.39 is 17.6 Å². The second-order valence-electron chi connectivity index (χ2n) is 4.30. The van der Waals surface area contributed by atoms with Crippen molar-refractivity contribution in [1.82, 2.24) is 4.98 Å². The van der Waals surface area contributed by atoms with Crippen molar-refractivity contribution in [2.24, 2.45) is 0 Å². The fourth-order valence-electron chi connectivity index (χ4n) is 2.30. The zero-order valence-corrected chi connectivity index (χ0v) is 9.74. The van der Waals surface area contributed by atoms with Gasteiger partial charge in [-0.3, -0.25) is 4.98 Å². The summed E-state index contributed by atoms with van der Waals surface area (Å²) in [5, 5.41) is 9.39. The number of nitrogens with zero attached hydrogens (tertiary/aromatic N) is 1. The van der Waals surface area contributed by atoms with Crippen molar-refractivity contribution in [1.29, 1.82) is 0 Å². The number of carbonyl (C=O) groups is 1. The number of aromatic nitrogens is 1. The van der Waals surface area contributed by atoms with E-state index >= 15 is 0 Å². The summed E-state index contributed by atoms with van der Waals surface area (Å²) in [7, 11) is 0. The molecule has 0 fully saturated rings. The fourth-order valence-corrected chi connectivity index (χ4v) is 2.30. The van der Waals surface area contributed by atoms with Crippen LogP contribution in [0.2, 0.25) is 0 Å². The van der Waals surface area contributed by atoms with Gasteiger partial charge in [0.05, 0.1) is 24.3 Å². The van der Waals surface area contributed by atoms with Crippen molar-refractivity contribution in [3.63, 3.8) is 0 Å². The van der Waals surface area contributed by atoms with Crippen molar-refractivity contribution in [2.75, 3.05) is 6.61 Å². The van der Waals surface area contributed by atoms with Crippen molar-refractivity contribution in [3.05, 3.63) is 40.6 Å². The third kappa shape index (κ3) is 1.84. The van der Waals surface area contributed by atoms with Crippen molar-refractivity contribution in [2.45, 2.75) is 13.0 Å². The van der Waals surface area contributed by atoms with Gasteiger partial charge in [0.2, 0.25) is 0 Å². The van der Waals surface area contributed by atoms with Crippen LogP contribution in [-0.2, 0) is 17.8 Å². The number of benzene rings is 1. The molecule has 0 atom stereocenters. The van der Waals surface area contributed by atoms with E-state index in [1.54, 1.807) is 0 Å². The molecule has 0 saturated heterocycles. The van der Waals surface area contributed by atoms with Crippen molar-refractivity contribution >= 4 is 16.9 Å². The van der Waals surface area contributed by atoms with Gasteiger partial charge in [0.25, 0.3) is 0 Å². The number of hydrogen-bond donors (Lipinski definition) is 1. The molecule has 4 nitrogen and oxygen atoms in total. The molecule has 2 heterocycles. The first-order valence-corrected chi connectivity index (χ1v) is 5.69. The van der Waals surface area contributed by atoms with E-state index in [-0.39, 0.29) is 23.1 Å². The van der Waals surface area contributed by atoms with Gasteiger partial charge in [0.1, 0.15) is 0 Å². The van der Waals surface area contributed by atoms with Gasteiger partial charge >= 0.3 is 5.97 Å². The highest BCUT2D eigenvalue weighted by Crippen LogP contribution is 2.28. The fraction of sp³-hybridized carbons (Fsp3) is 0.231. The Balaban J connectivity index is 2.42. The van der Waals surface area contributed by atoms with Crippen LogP contribution < -0.4 is 0 Å². The lowest BCUT2D eigenvalue weighted by atomic mass is 9.98. The molecule has 1 aromatic heterocycles. The van der Waals surface area contributed by atoms with E-state index in [4.69, 9.17) is 4.74 Å². The van der Waals surface area contributed by atoms with E-state index in [0.29, 0.717) is 24.3 Å². The molecule has 0 saturated carbocycles. The van der Waals surface area contributed by atoms with Crippen LogP contribution in [0.4, 0.5) is 8.78 Å². The number of aromatic carboxylic acids is 1. The normalized spacial score (nSPS) is 14.4. The Labute approximate surface area is 106 Å². The highest BCUT2D eigenvalue weighted by Gasteiger charge is 2.23. The van der Waals surface area contributed by atoms with E-state index in [1.165, 1.54) is 0 Å². The van der Waals surface area contributed by atoms with Crippen LogP contribution in [0.5, 0.6) is 0 Å². The number of pyridine rings is 1. The summed E-state index contributed by atoms with van der Waals surface area (Å²) in [6, 6.07) is 1.79. The van der Waals surface area contributed by atoms with Crippen LogP contribution in [0.15, 0.2) is 12.1 Å². The Kier molecular flexibility index (Phi) is 2.67. The Morgan fingerprint density at radius 1 is 1.32 bits per heavy atom. The molecule has 3 rings (SSSR count). The number of fused-ring (bicyclic) bond motifs is 2. The molecule has 19 heavy (non-hydrogen) atoms. The minimum atomic E-state index is -1.19. The quantitative estimate of drug-likeness (QED) is 0.859. The maximum Gasteiger partial charge on any atom is 0.336 e. The summed E-state index contributed by atoms with van der Waals surface area (Å²) in [6.07, 6.45) is 0.463. The third-order valence-electron chi connectivity index (χ3n) is 3.16. The SMILES string of the molecule is O=C(O)c1c2c(nc3cc(F)c(F)cc13)CCOC2. The molecular formula is C13H9F2NO3. The second kappa shape index (κ2) is 4.24. The molecule has 0 unspecified atom stereocenters. The topological polar surface area (TPSA) is 59.4 Å². The lowest BCUT2D eigenvalue weighted by Crippen LogP contribution is -2.17. The summed E-state index contributed by atoms with van der Waals surface area (Å²) in [4.78, 5) is 15.6. The standard InChI is InChI=1S/C13H9F2NO3/c14-8-3-6-11(4-9(8)15)16-10-1-2-19-5-7(10)12(6)13(17)18/h3-4H,1-2,5H2,(H,17,18). The van der Waals surface area contributed by atoms with Crippen LogP contribution >= 0.6 is 0 Å². The molecule has 98 valence electrons. The molecule has 1 aromatic carbocycles. The smallest absolute Gasteiger partial charge is 0.336 e. The van der Waals surface area contributed by atoms with Crippen LogP contribution in [0.1, 0.15) is 21.6 Å². The molecule has 6 heteroatoms. The summed E-state index contributed by atoms with van der Waals surface area (Å²) in [5.74, 6) is -3.32. The number of hydrogen-bond acceptors (Lipinski definition) is 3. The Morgan fingerprint density at radius 3 is 2.79 bits per heavy atom. The molecule has 0 aliphatic carbocycles. The highest BCUT2D eigenvalue weighted by atomic mass is 19.2. The molecule has 0 amide bonds. The van der Waals surface area contributed by atoms with Crippen LogP contribution in [0.25, 0.3) is 10.9 Å². The maximum atomic E-state index is 13.3. The predicted octanol–water partition coefficient (Wildman–Crippen LogP) is 2.28. The Morgan fingerprint density at radius 2 is 2.05 bits per heavy atom. The number of carboxylic acid groups (broad SMARTS) is 1. The van der Waals surface area contributed by atoms with Crippen LogP contribution in [0, 0.1) is 11.6 Å². The number of halogens is 2. The van der Waals surface area contributed by atoms with Crippen molar-refractivity contribution in [3.8, 4) is 0 Å². The van der Waals surface area contributed by atoms with Crippen LogP contribution in [-0.4, -0.2) is 22.7 Å². The minimum Gasteiger partial charge on any atom is -0.478 e. The van der Waals surface area contributed by atoms with Gasteiger partial charge in [-0.1, -0.05) is 0 Å². The number of ether oxygens (including phenoxy) is 1.